The minimum atomic E-state index is -0.552. The van der Waals surface area contributed by atoms with E-state index in [2.05, 4.69) is 127 Å². The normalized spacial score (nSPS) is 11.4. The summed E-state index contributed by atoms with van der Waals surface area (Å²) in [4.78, 5) is 0. The molecule has 5 rings (SSSR count). The lowest BCUT2D eigenvalue weighted by molar-refractivity contribution is 0.710. The summed E-state index contributed by atoms with van der Waals surface area (Å²) < 4.78 is 0. The van der Waals surface area contributed by atoms with Crippen molar-refractivity contribution in [3.63, 3.8) is 0 Å². The number of H-pyrrole nitrogens is 1. The van der Waals surface area contributed by atoms with Crippen molar-refractivity contribution < 1.29 is 0 Å². The number of rotatable bonds is 5. The van der Waals surface area contributed by atoms with Crippen LogP contribution in [0, 0.1) is 6.92 Å². The van der Waals surface area contributed by atoms with Crippen LogP contribution in [0.1, 0.15) is 27.9 Å². The second kappa shape index (κ2) is 8.08. The highest BCUT2D eigenvalue weighted by molar-refractivity contribution is 5.72. The average molecular weight is 401 g/mol. The van der Waals surface area contributed by atoms with Crippen molar-refractivity contribution in [2.75, 3.05) is 0 Å². The Labute approximate surface area is 183 Å². The fourth-order valence-electron chi connectivity index (χ4n) is 4.50. The second-order valence-electron chi connectivity index (χ2n) is 7.86. The molecule has 0 amide bonds. The molecule has 2 heteroatoms. The summed E-state index contributed by atoms with van der Waals surface area (Å²) in [7, 11) is 0. The van der Waals surface area contributed by atoms with Gasteiger partial charge in [-0.05, 0) is 29.2 Å². The minimum absolute atomic E-state index is 0.552. The molecule has 150 valence electrons. The van der Waals surface area contributed by atoms with Gasteiger partial charge < -0.3 is 0 Å². The van der Waals surface area contributed by atoms with Crippen LogP contribution < -0.4 is 0 Å². The van der Waals surface area contributed by atoms with E-state index >= 15 is 0 Å². The molecule has 0 spiro atoms. The molecular weight excluding hydrogens is 376 g/mol. The van der Waals surface area contributed by atoms with Crippen molar-refractivity contribution in [3.8, 4) is 11.1 Å². The monoisotopic (exact) mass is 400 g/mol. The molecule has 0 aliphatic rings. The van der Waals surface area contributed by atoms with E-state index in [1.165, 1.54) is 22.3 Å². The Balaban J connectivity index is 1.89. The fraction of sp³-hybridized carbons (Fsp3) is 0.0690. The molecule has 4 aromatic carbocycles. The lowest BCUT2D eigenvalue weighted by Gasteiger charge is -2.35. The van der Waals surface area contributed by atoms with Crippen LogP contribution >= 0.6 is 0 Å². The number of nitrogens with one attached hydrogen (secondary N) is 1. The summed E-state index contributed by atoms with van der Waals surface area (Å²) >= 11 is 0. The van der Waals surface area contributed by atoms with Crippen LogP contribution in [0.3, 0.4) is 0 Å². The van der Waals surface area contributed by atoms with E-state index in [1.54, 1.807) is 0 Å². The Hall–Kier alpha value is -3.91. The number of aromatic nitrogens is 2. The Morgan fingerprint density at radius 1 is 0.581 bits per heavy atom. The maximum absolute atomic E-state index is 4.89. The molecular formula is C29H24N2. The van der Waals surface area contributed by atoms with Gasteiger partial charge in [-0.3, -0.25) is 5.10 Å². The summed E-state index contributed by atoms with van der Waals surface area (Å²) in [6.07, 6.45) is 2.02. The van der Waals surface area contributed by atoms with Crippen molar-refractivity contribution in [1.29, 1.82) is 0 Å². The summed E-state index contributed by atoms with van der Waals surface area (Å²) in [5.74, 6) is 0. The van der Waals surface area contributed by atoms with Gasteiger partial charge in [0, 0.05) is 11.8 Å². The highest BCUT2D eigenvalue weighted by Gasteiger charge is 2.42. The maximum atomic E-state index is 4.89. The van der Waals surface area contributed by atoms with Crippen LogP contribution in [0.5, 0.6) is 0 Å². The van der Waals surface area contributed by atoms with E-state index in [0.717, 1.165) is 16.8 Å². The second-order valence-corrected chi connectivity index (χ2v) is 7.86. The third-order valence-corrected chi connectivity index (χ3v) is 5.98. The molecule has 0 bridgehead atoms. The highest BCUT2D eigenvalue weighted by Crippen LogP contribution is 2.47. The van der Waals surface area contributed by atoms with Gasteiger partial charge in [0.25, 0.3) is 0 Å². The number of nitrogens with zero attached hydrogens (tertiary/aromatic N) is 1. The Bertz CT molecular complexity index is 1160. The van der Waals surface area contributed by atoms with Crippen LogP contribution in [0.15, 0.2) is 121 Å². The summed E-state index contributed by atoms with van der Waals surface area (Å²) in [5.41, 5.74) is 7.52. The van der Waals surface area contributed by atoms with Gasteiger partial charge >= 0.3 is 0 Å². The first-order valence-electron chi connectivity index (χ1n) is 10.6. The number of benzene rings is 4. The van der Waals surface area contributed by atoms with E-state index < -0.39 is 5.41 Å². The van der Waals surface area contributed by atoms with Crippen molar-refractivity contribution in [2.24, 2.45) is 0 Å². The average Bonchev–Trinajstić information content (AvgIpc) is 3.32. The Morgan fingerprint density at radius 3 is 1.48 bits per heavy atom. The summed E-state index contributed by atoms with van der Waals surface area (Å²) in [6.45, 7) is 2.11. The van der Waals surface area contributed by atoms with Crippen LogP contribution in [-0.2, 0) is 5.41 Å². The molecule has 0 radical (unpaired) electrons. The lowest BCUT2D eigenvalue weighted by atomic mass is 9.66. The topological polar surface area (TPSA) is 28.7 Å². The minimum Gasteiger partial charge on any atom is -0.285 e. The number of aryl methyl sites for hydroxylation is 1. The smallest absolute Gasteiger partial charge is 0.0898 e. The van der Waals surface area contributed by atoms with Crippen molar-refractivity contribution in [1.82, 2.24) is 10.2 Å². The SMILES string of the molecule is Cc1ccc(-c2c[nH]nc2C(c2ccccc2)(c2ccccc2)c2ccccc2)cc1. The van der Waals surface area contributed by atoms with Crippen LogP contribution in [0.2, 0.25) is 0 Å². The van der Waals surface area contributed by atoms with Crippen molar-refractivity contribution in [2.45, 2.75) is 12.3 Å². The first-order chi connectivity index (χ1) is 15.3. The van der Waals surface area contributed by atoms with Crippen LogP contribution in [-0.4, -0.2) is 10.2 Å². The predicted octanol–water partition coefficient (Wildman–Crippen LogP) is 6.77. The lowest BCUT2D eigenvalue weighted by Crippen LogP contribution is -2.32. The van der Waals surface area contributed by atoms with Gasteiger partial charge in [0.2, 0.25) is 0 Å². The van der Waals surface area contributed by atoms with Gasteiger partial charge in [-0.25, -0.2) is 0 Å². The Morgan fingerprint density at radius 2 is 1.03 bits per heavy atom. The molecule has 1 heterocycles. The molecule has 31 heavy (non-hydrogen) atoms. The summed E-state index contributed by atoms with van der Waals surface area (Å²) in [6, 6.07) is 40.7. The number of hydrogen-bond donors (Lipinski definition) is 1. The van der Waals surface area contributed by atoms with Crippen molar-refractivity contribution >= 4 is 0 Å². The Kier molecular flexibility index (Phi) is 4.97. The van der Waals surface area contributed by atoms with Crippen LogP contribution in [0.25, 0.3) is 11.1 Å². The first-order valence-corrected chi connectivity index (χ1v) is 10.6. The molecule has 2 nitrogen and oxygen atoms in total. The van der Waals surface area contributed by atoms with Gasteiger partial charge in [-0.2, -0.15) is 5.10 Å². The molecule has 0 unspecified atom stereocenters. The molecule has 0 aliphatic carbocycles. The highest BCUT2D eigenvalue weighted by atomic mass is 15.1. The van der Waals surface area contributed by atoms with Gasteiger partial charge in [0.05, 0.1) is 11.1 Å². The molecule has 0 atom stereocenters. The van der Waals surface area contributed by atoms with E-state index in [4.69, 9.17) is 5.10 Å². The predicted molar refractivity (Wildman–Crippen MR) is 127 cm³/mol. The van der Waals surface area contributed by atoms with Crippen molar-refractivity contribution in [3.05, 3.63) is 149 Å². The number of hydrogen-bond acceptors (Lipinski definition) is 1. The quantitative estimate of drug-likeness (QED) is 0.324. The number of aromatic amines is 1. The third kappa shape index (κ3) is 3.27. The zero-order valence-corrected chi connectivity index (χ0v) is 17.5. The van der Waals surface area contributed by atoms with E-state index in [9.17, 15) is 0 Å². The van der Waals surface area contributed by atoms with E-state index in [0.29, 0.717) is 0 Å². The maximum Gasteiger partial charge on any atom is 0.0898 e. The molecule has 1 aromatic heterocycles. The zero-order chi connectivity index (χ0) is 21.1. The molecule has 1 N–H and O–H groups in total. The standard InChI is InChI=1S/C29H24N2/c1-22-17-19-23(20-18-22)27-21-30-31-28(27)29(24-11-5-2-6-12-24,25-13-7-3-8-14-25)26-15-9-4-10-16-26/h2-21H,1H3,(H,30,31). The molecule has 0 saturated carbocycles. The largest absolute Gasteiger partial charge is 0.285 e. The van der Waals surface area contributed by atoms with E-state index in [-0.39, 0.29) is 0 Å². The molecule has 0 fully saturated rings. The van der Waals surface area contributed by atoms with Gasteiger partial charge in [0.1, 0.15) is 0 Å². The fourth-order valence-corrected chi connectivity index (χ4v) is 4.50. The molecule has 0 saturated heterocycles. The zero-order valence-electron chi connectivity index (χ0n) is 17.5. The molecule has 0 aliphatic heterocycles. The summed E-state index contributed by atoms with van der Waals surface area (Å²) in [5, 5.41) is 8.07. The van der Waals surface area contributed by atoms with Gasteiger partial charge in [-0.15, -0.1) is 0 Å². The third-order valence-electron chi connectivity index (χ3n) is 5.98. The van der Waals surface area contributed by atoms with Gasteiger partial charge in [-0.1, -0.05) is 121 Å². The first kappa shape index (κ1) is 19.1. The van der Waals surface area contributed by atoms with Gasteiger partial charge in [0.15, 0.2) is 0 Å². The molecule has 5 aromatic rings. The van der Waals surface area contributed by atoms with Crippen LogP contribution in [0.4, 0.5) is 0 Å². The van der Waals surface area contributed by atoms with E-state index in [1.807, 2.05) is 6.20 Å².